The Hall–Kier alpha value is -0.820. The average molecular weight is 493 g/mol. The quantitative estimate of drug-likeness (QED) is 0.637. The second-order valence-corrected chi connectivity index (χ2v) is 8.65. The van der Waals surface area contributed by atoms with Crippen molar-refractivity contribution >= 4 is 60.3 Å². The molecule has 2 aromatic rings. The zero-order valence-corrected chi connectivity index (χ0v) is 20.2. The number of benzene rings is 1. The fraction of sp³-hybridized carbons (Fsp3) is 0.524. The van der Waals surface area contributed by atoms with Crippen LogP contribution in [0.1, 0.15) is 54.5 Å². The fourth-order valence-corrected chi connectivity index (χ4v) is 5.67. The lowest BCUT2D eigenvalue weighted by Gasteiger charge is -2.36. The van der Waals surface area contributed by atoms with E-state index in [4.69, 9.17) is 22.3 Å². The molecule has 3 heterocycles. The zero-order valence-electron chi connectivity index (χ0n) is 17.0. The van der Waals surface area contributed by atoms with Crippen LogP contribution in [0.2, 0.25) is 5.02 Å². The molecule has 5 nitrogen and oxygen atoms in total. The number of nitrogens with one attached hydrogen (secondary N) is 1. The van der Waals surface area contributed by atoms with Gasteiger partial charge in [-0.25, -0.2) is 9.97 Å². The third-order valence-electron chi connectivity index (χ3n) is 6.79. The number of aromatic nitrogens is 2. The molecule has 0 saturated carbocycles. The molecule has 1 aromatic heterocycles. The van der Waals surface area contributed by atoms with Crippen molar-refractivity contribution in [2.75, 3.05) is 24.5 Å². The van der Waals surface area contributed by atoms with E-state index in [1.165, 1.54) is 22.5 Å². The molecule has 166 valence electrons. The SMILES string of the molecule is CC1CCc2ncnc(N3CC4(CCNCC4)c4c3ccc(Cl)c4CN)c21.Cl.Cl.Cl. The minimum Gasteiger partial charge on any atom is -0.326 e. The van der Waals surface area contributed by atoms with Gasteiger partial charge < -0.3 is 16.0 Å². The van der Waals surface area contributed by atoms with E-state index >= 15 is 0 Å². The first-order chi connectivity index (χ1) is 13.1. The number of hydrogen-bond acceptors (Lipinski definition) is 5. The van der Waals surface area contributed by atoms with Crippen molar-refractivity contribution in [3.05, 3.63) is 45.9 Å². The molecule has 1 fully saturated rings. The predicted octanol–water partition coefficient (Wildman–Crippen LogP) is 4.68. The van der Waals surface area contributed by atoms with Crippen LogP contribution in [-0.4, -0.2) is 29.6 Å². The normalized spacial score (nSPS) is 20.6. The first kappa shape index (κ1) is 25.4. The molecule has 5 rings (SSSR count). The molecule has 0 bridgehead atoms. The van der Waals surface area contributed by atoms with Gasteiger partial charge in [-0.3, -0.25) is 0 Å². The first-order valence-corrected chi connectivity index (χ1v) is 10.4. The van der Waals surface area contributed by atoms with Crippen molar-refractivity contribution in [2.45, 2.75) is 50.5 Å². The molecular weight excluding hydrogens is 464 g/mol. The van der Waals surface area contributed by atoms with E-state index in [1.807, 2.05) is 6.07 Å². The standard InChI is InChI=1S/C21H26ClN5.3ClH/c1-13-2-4-16-18(13)20(26-12-25-16)27-11-21(6-8-24-9-7-21)19-14(10-23)15(22)3-5-17(19)27;;;/h3,5,12-13,24H,2,4,6-11,23H2,1H3;3*1H. The number of aryl methyl sites for hydroxylation is 1. The highest BCUT2D eigenvalue weighted by molar-refractivity contribution is 6.31. The molecule has 0 radical (unpaired) electrons. The van der Waals surface area contributed by atoms with Crippen LogP contribution in [0.4, 0.5) is 11.5 Å². The van der Waals surface area contributed by atoms with E-state index in [-0.39, 0.29) is 42.6 Å². The highest BCUT2D eigenvalue weighted by Gasteiger charge is 2.46. The summed E-state index contributed by atoms with van der Waals surface area (Å²) in [6.45, 7) is 5.78. The van der Waals surface area contributed by atoms with E-state index in [0.717, 1.165) is 61.7 Å². The number of nitrogens with two attached hydrogens (primary N) is 1. The zero-order chi connectivity index (χ0) is 18.6. The Kier molecular flexibility index (Phi) is 8.28. The number of piperidine rings is 1. The maximum absolute atomic E-state index is 6.58. The number of anilines is 2. The molecule has 2 aliphatic heterocycles. The fourth-order valence-electron chi connectivity index (χ4n) is 5.43. The summed E-state index contributed by atoms with van der Waals surface area (Å²) in [4.78, 5) is 11.8. The average Bonchev–Trinajstić information content (AvgIpc) is 3.22. The molecule has 1 unspecified atom stereocenters. The van der Waals surface area contributed by atoms with Crippen molar-refractivity contribution in [2.24, 2.45) is 5.73 Å². The van der Waals surface area contributed by atoms with Gasteiger partial charge >= 0.3 is 0 Å². The minimum atomic E-state index is 0. The van der Waals surface area contributed by atoms with Crippen LogP contribution < -0.4 is 16.0 Å². The Morgan fingerprint density at radius 3 is 2.63 bits per heavy atom. The lowest BCUT2D eigenvalue weighted by atomic mass is 9.73. The molecule has 3 aliphatic rings. The van der Waals surface area contributed by atoms with Crippen molar-refractivity contribution in [1.29, 1.82) is 0 Å². The summed E-state index contributed by atoms with van der Waals surface area (Å²) in [7, 11) is 0. The van der Waals surface area contributed by atoms with Gasteiger partial charge in [-0.2, -0.15) is 0 Å². The van der Waals surface area contributed by atoms with Gasteiger partial charge in [0, 0.05) is 40.5 Å². The van der Waals surface area contributed by atoms with Crippen LogP contribution in [0, 0.1) is 0 Å². The second-order valence-electron chi connectivity index (χ2n) is 8.24. The lowest BCUT2D eigenvalue weighted by Crippen LogP contribution is -2.43. The van der Waals surface area contributed by atoms with Crippen LogP contribution in [0.25, 0.3) is 0 Å². The Bertz CT molecular complexity index is 901. The Labute approximate surface area is 201 Å². The number of rotatable bonds is 2. The maximum atomic E-state index is 6.58. The van der Waals surface area contributed by atoms with Crippen molar-refractivity contribution in [3.63, 3.8) is 0 Å². The summed E-state index contributed by atoms with van der Waals surface area (Å²) < 4.78 is 0. The van der Waals surface area contributed by atoms with Crippen molar-refractivity contribution in [1.82, 2.24) is 15.3 Å². The monoisotopic (exact) mass is 491 g/mol. The number of hydrogen-bond donors (Lipinski definition) is 2. The first-order valence-electron chi connectivity index (χ1n) is 9.98. The maximum Gasteiger partial charge on any atom is 0.140 e. The molecule has 1 saturated heterocycles. The minimum absolute atomic E-state index is 0. The van der Waals surface area contributed by atoms with E-state index in [9.17, 15) is 0 Å². The predicted molar refractivity (Wildman–Crippen MR) is 131 cm³/mol. The number of nitrogens with zero attached hydrogens (tertiary/aromatic N) is 3. The topological polar surface area (TPSA) is 67.1 Å². The molecule has 1 spiro atoms. The molecule has 0 amide bonds. The van der Waals surface area contributed by atoms with Crippen LogP contribution in [0.15, 0.2) is 18.5 Å². The van der Waals surface area contributed by atoms with Crippen molar-refractivity contribution in [3.8, 4) is 0 Å². The van der Waals surface area contributed by atoms with Gasteiger partial charge in [-0.1, -0.05) is 18.5 Å². The Morgan fingerprint density at radius 1 is 1.20 bits per heavy atom. The molecule has 1 aromatic carbocycles. The molecular formula is C21H29Cl4N5. The second kappa shape index (κ2) is 9.76. The summed E-state index contributed by atoms with van der Waals surface area (Å²) >= 11 is 6.58. The van der Waals surface area contributed by atoms with Gasteiger partial charge in [-0.15, -0.1) is 37.2 Å². The number of fused-ring (bicyclic) bond motifs is 3. The van der Waals surface area contributed by atoms with E-state index in [2.05, 4.69) is 28.2 Å². The molecule has 1 aliphatic carbocycles. The Balaban J connectivity index is 0.00000107. The summed E-state index contributed by atoms with van der Waals surface area (Å²) in [5.41, 5.74) is 12.5. The highest BCUT2D eigenvalue weighted by atomic mass is 35.5. The Morgan fingerprint density at radius 2 is 1.93 bits per heavy atom. The van der Waals surface area contributed by atoms with Crippen LogP contribution >= 0.6 is 48.8 Å². The summed E-state index contributed by atoms with van der Waals surface area (Å²) in [6.07, 6.45) is 6.15. The number of halogens is 4. The molecule has 9 heteroatoms. The summed E-state index contributed by atoms with van der Waals surface area (Å²) in [5.74, 6) is 1.59. The third kappa shape index (κ3) is 3.78. The molecule has 3 N–H and O–H groups in total. The van der Waals surface area contributed by atoms with E-state index in [1.54, 1.807) is 6.33 Å². The largest absolute Gasteiger partial charge is 0.326 e. The van der Waals surface area contributed by atoms with Gasteiger partial charge in [0.2, 0.25) is 0 Å². The van der Waals surface area contributed by atoms with E-state index in [0.29, 0.717) is 12.5 Å². The van der Waals surface area contributed by atoms with Crippen molar-refractivity contribution < 1.29 is 0 Å². The summed E-state index contributed by atoms with van der Waals surface area (Å²) in [5, 5.41) is 4.30. The summed E-state index contributed by atoms with van der Waals surface area (Å²) in [6, 6.07) is 4.17. The van der Waals surface area contributed by atoms with Crippen LogP contribution in [0.3, 0.4) is 0 Å². The molecule has 1 atom stereocenters. The highest BCUT2D eigenvalue weighted by Crippen LogP contribution is 2.52. The van der Waals surface area contributed by atoms with E-state index < -0.39 is 0 Å². The van der Waals surface area contributed by atoms with Gasteiger partial charge in [0.1, 0.15) is 12.1 Å². The van der Waals surface area contributed by atoms with Gasteiger partial charge in [0.05, 0.1) is 0 Å². The van der Waals surface area contributed by atoms with Gasteiger partial charge in [0.25, 0.3) is 0 Å². The van der Waals surface area contributed by atoms with Gasteiger partial charge in [-0.05, 0) is 68.0 Å². The van der Waals surface area contributed by atoms with Crippen LogP contribution in [0.5, 0.6) is 0 Å². The smallest absolute Gasteiger partial charge is 0.140 e. The van der Waals surface area contributed by atoms with Gasteiger partial charge in [0.15, 0.2) is 0 Å². The molecule has 30 heavy (non-hydrogen) atoms. The third-order valence-corrected chi connectivity index (χ3v) is 7.14. The lowest BCUT2D eigenvalue weighted by molar-refractivity contribution is 0.327. The van der Waals surface area contributed by atoms with Crippen LogP contribution in [-0.2, 0) is 18.4 Å².